The minimum Gasteiger partial charge on any atom is -0.342 e. The molecule has 1 atom stereocenters. The molecular weight excluding hydrogens is 416 g/mol. The molecule has 3 fully saturated rings. The molecule has 1 unspecified atom stereocenters. The highest BCUT2D eigenvalue weighted by Gasteiger charge is 2.49. The number of hydrogen-bond acceptors (Lipinski definition) is 4. The SMILES string of the molecule is O=C1NC(=O)C2(CCN(C(=O)C3CC(=O)N(c4cccc(Br)c4)C3)CC2)N1. The average molecular weight is 435 g/mol. The Morgan fingerprint density at radius 3 is 2.56 bits per heavy atom. The number of likely N-dealkylation sites (tertiary alicyclic amines) is 1. The second kappa shape index (κ2) is 6.63. The van der Waals surface area contributed by atoms with Crippen molar-refractivity contribution in [3.8, 4) is 0 Å². The topological polar surface area (TPSA) is 98.8 Å². The van der Waals surface area contributed by atoms with Gasteiger partial charge in [0, 0.05) is 36.2 Å². The van der Waals surface area contributed by atoms with Crippen molar-refractivity contribution in [2.75, 3.05) is 24.5 Å². The first kappa shape index (κ1) is 18.0. The molecule has 1 aromatic rings. The molecule has 5 amide bonds. The van der Waals surface area contributed by atoms with Crippen LogP contribution < -0.4 is 15.5 Å². The first-order valence-electron chi connectivity index (χ1n) is 8.86. The number of piperidine rings is 1. The van der Waals surface area contributed by atoms with Crippen molar-refractivity contribution < 1.29 is 19.2 Å². The average Bonchev–Trinajstić information content (AvgIpc) is 3.15. The van der Waals surface area contributed by atoms with Crippen molar-refractivity contribution in [3.05, 3.63) is 28.7 Å². The zero-order valence-corrected chi connectivity index (χ0v) is 16.1. The molecular formula is C18H19BrN4O4. The van der Waals surface area contributed by atoms with Gasteiger partial charge in [0.25, 0.3) is 5.91 Å². The number of benzene rings is 1. The quantitative estimate of drug-likeness (QED) is 0.678. The van der Waals surface area contributed by atoms with Crippen molar-refractivity contribution in [1.82, 2.24) is 15.5 Å². The van der Waals surface area contributed by atoms with E-state index in [-0.39, 0.29) is 24.1 Å². The van der Waals surface area contributed by atoms with Gasteiger partial charge in [0.2, 0.25) is 11.8 Å². The molecule has 2 N–H and O–H groups in total. The van der Waals surface area contributed by atoms with Crippen LogP contribution in [0, 0.1) is 5.92 Å². The summed E-state index contributed by atoms with van der Waals surface area (Å²) in [5.41, 5.74) is -0.130. The van der Waals surface area contributed by atoms with E-state index in [1.54, 1.807) is 9.80 Å². The lowest BCUT2D eigenvalue weighted by atomic mass is 9.87. The van der Waals surface area contributed by atoms with Gasteiger partial charge in [-0.25, -0.2) is 4.79 Å². The van der Waals surface area contributed by atoms with E-state index in [1.165, 1.54) is 0 Å². The lowest BCUT2D eigenvalue weighted by molar-refractivity contribution is -0.139. The number of amides is 5. The number of halogens is 1. The lowest BCUT2D eigenvalue weighted by Crippen LogP contribution is -2.56. The minimum absolute atomic E-state index is 0.0673. The summed E-state index contributed by atoms with van der Waals surface area (Å²) in [6.07, 6.45) is 0.947. The highest BCUT2D eigenvalue weighted by molar-refractivity contribution is 9.10. The van der Waals surface area contributed by atoms with E-state index in [0.29, 0.717) is 32.5 Å². The number of imide groups is 1. The fourth-order valence-electron chi connectivity index (χ4n) is 4.01. The summed E-state index contributed by atoms with van der Waals surface area (Å²) in [6.45, 7) is 1.12. The first-order valence-corrected chi connectivity index (χ1v) is 9.66. The molecule has 4 rings (SSSR count). The number of hydrogen-bond donors (Lipinski definition) is 2. The highest BCUT2D eigenvalue weighted by Crippen LogP contribution is 2.31. The van der Waals surface area contributed by atoms with Gasteiger partial charge in [-0.1, -0.05) is 22.0 Å². The summed E-state index contributed by atoms with van der Waals surface area (Å²) >= 11 is 3.40. The number of urea groups is 1. The molecule has 3 heterocycles. The van der Waals surface area contributed by atoms with Crippen molar-refractivity contribution in [2.24, 2.45) is 5.92 Å². The summed E-state index contributed by atoms with van der Waals surface area (Å²) in [5.74, 6) is -0.850. The zero-order chi connectivity index (χ0) is 19.2. The summed E-state index contributed by atoms with van der Waals surface area (Å²) in [5, 5.41) is 4.95. The highest BCUT2D eigenvalue weighted by atomic mass is 79.9. The molecule has 27 heavy (non-hydrogen) atoms. The Balaban J connectivity index is 1.40. The van der Waals surface area contributed by atoms with Crippen LogP contribution in [0.25, 0.3) is 0 Å². The van der Waals surface area contributed by atoms with E-state index in [1.807, 2.05) is 24.3 Å². The van der Waals surface area contributed by atoms with Gasteiger partial charge in [-0.05, 0) is 31.0 Å². The van der Waals surface area contributed by atoms with Crippen LogP contribution in [0.1, 0.15) is 19.3 Å². The van der Waals surface area contributed by atoms with E-state index in [4.69, 9.17) is 0 Å². The van der Waals surface area contributed by atoms with Crippen molar-refractivity contribution in [2.45, 2.75) is 24.8 Å². The van der Waals surface area contributed by atoms with Crippen LogP contribution in [0.2, 0.25) is 0 Å². The van der Waals surface area contributed by atoms with Crippen LogP contribution in [-0.2, 0) is 14.4 Å². The van der Waals surface area contributed by atoms with Crippen LogP contribution in [-0.4, -0.2) is 53.8 Å². The molecule has 1 aromatic carbocycles. The molecule has 142 valence electrons. The van der Waals surface area contributed by atoms with Crippen LogP contribution in [0.3, 0.4) is 0 Å². The van der Waals surface area contributed by atoms with Gasteiger partial charge in [0.1, 0.15) is 5.54 Å². The number of rotatable bonds is 2. The fraction of sp³-hybridized carbons (Fsp3) is 0.444. The second-order valence-electron chi connectivity index (χ2n) is 7.20. The van der Waals surface area contributed by atoms with Crippen LogP contribution >= 0.6 is 15.9 Å². The second-order valence-corrected chi connectivity index (χ2v) is 8.12. The molecule has 0 aliphatic carbocycles. The third kappa shape index (κ3) is 3.20. The summed E-state index contributed by atoms with van der Waals surface area (Å²) in [4.78, 5) is 52.1. The Morgan fingerprint density at radius 1 is 1.19 bits per heavy atom. The molecule has 0 bridgehead atoms. The van der Waals surface area contributed by atoms with E-state index >= 15 is 0 Å². The van der Waals surface area contributed by atoms with E-state index in [2.05, 4.69) is 26.6 Å². The molecule has 8 nitrogen and oxygen atoms in total. The third-order valence-corrected chi connectivity index (χ3v) is 6.03. The van der Waals surface area contributed by atoms with Crippen molar-refractivity contribution in [3.63, 3.8) is 0 Å². The first-order chi connectivity index (χ1) is 12.9. The van der Waals surface area contributed by atoms with Crippen LogP contribution in [0.5, 0.6) is 0 Å². The third-order valence-electron chi connectivity index (χ3n) is 5.54. The maximum atomic E-state index is 12.9. The number of anilines is 1. The Bertz CT molecular complexity index is 834. The lowest BCUT2D eigenvalue weighted by Gasteiger charge is -2.37. The van der Waals surface area contributed by atoms with Gasteiger partial charge in [0.05, 0.1) is 5.92 Å². The minimum atomic E-state index is -0.901. The summed E-state index contributed by atoms with van der Waals surface area (Å²) in [7, 11) is 0. The molecule has 3 aliphatic rings. The number of carbonyl (C=O) groups is 4. The number of nitrogens with one attached hydrogen (secondary N) is 2. The van der Waals surface area contributed by atoms with Gasteiger partial charge >= 0.3 is 6.03 Å². The molecule has 3 saturated heterocycles. The molecule has 0 radical (unpaired) electrons. The van der Waals surface area contributed by atoms with E-state index in [9.17, 15) is 19.2 Å². The maximum absolute atomic E-state index is 12.9. The smallest absolute Gasteiger partial charge is 0.322 e. The number of carbonyl (C=O) groups excluding carboxylic acids is 4. The predicted molar refractivity (Wildman–Crippen MR) is 99.8 cm³/mol. The summed E-state index contributed by atoms with van der Waals surface area (Å²) in [6, 6.07) is 6.96. The Morgan fingerprint density at radius 2 is 1.93 bits per heavy atom. The van der Waals surface area contributed by atoms with Gasteiger partial charge in [-0.2, -0.15) is 0 Å². The molecule has 0 aromatic heterocycles. The standard InChI is InChI=1S/C18H19BrN4O4/c19-12-2-1-3-13(9-12)23-10-11(8-14(23)24)15(25)22-6-4-18(5-7-22)16(26)20-17(27)21-18/h1-3,9,11H,4-8,10H2,(H2,20,21,26,27). The van der Waals surface area contributed by atoms with Crippen molar-refractivity contribution in [1.29, 1.82) is 0 Å². The molecule has 0 saturated carbocycles. The molecule has 3 aliphatic heterocycles. The van der Waals surface area contributed by atoms with Gasteiger partial charge < -0.3 is 15.1 Å². The van der Waals surface area contributed by atoms with E-state index in [0.717, 1.165) is 10.2 Å². The molecule has 9 heteroatoms. The monoisotopic (exact) mass is 434 g/mol. The van der Waals surface area contributed by atoms with Gasteiger partial charge in [-0.15, -0.1) is 0 Å². The van der Waals surface area contributed by atoms with Crippen molar-refractivity contribution >= 4 is 45.4 Å². The van der Waals surface area contributed by atoms with E-state index < -0.39 is 17.5 Å². The number of nitrogens with zero attached hydrogens (tertiary/aromatic N) is 2. The van der Waals surface area contributed by atoms with Crippen LogP contribution in [0.15, 0.2) is 28.7 Å². The maximum Gasteiger partial charge on any atom is 0.322 e. The summed E-state index contributed by atoms with van der Waals surface area (Å²) < 4.78 is 0.876. The Hall–Kier alpha value is -2.42. The van der Waals surface area contributed by atoms with Gasteiger partial charge in [0.15, 0.2) is 0 Å². The largest absolute Gasteiger partial charge is 0.342 e. The Labute approximate surface area is 164 Å². The predicted octanol–water partition coefficient (Wildman–Crippen LogP) is 1.00. The normalized spacial score (nSPS) is 24.3. The Kier molecular flexibility index (Phi) is 4.41. The molecule has 1 spiro atoms. The van der Waals surface area contributed by atoms with Gasteiger partial charge in [-0.3, -0.25) is 19.7 Å². The van der Waals surface area contributed by atoms with Crippen LogP contribution in [0.4, 0.5) is 10.5 Å². The zero-order valence-electron chi connectivity index (χ0n) is 14.5. The fourth-order valence-corrected chi connectivity index (χ4v) is 4.40.